The minimum absolute atomic E-state index is 0.424. The first-order valence-electron chi connectivity index (χ1n) is 6.21. The van der Waals surface area contributed by atoms with Crippen LogP contribution >= 0.6 is 12.2 Å². The largest absolute Gasteiger partial charge is 0.317 e. The highest BCUT2D eigenvalue weighted by Crippen LogP contribution is 2.36. The van der Waals surface area contributed by atoms with Gasteiger partial charge < -0.3 is 4.55 Å². The van der Waals surface area contributed by atoms with Gasteiger partial charge in [0.2, 0.25) is 0 Å². The van der Waals surface area contributed by atoms with Crippen LogP contribution in [0.3, 0.4) is 0 Å². The summed E-state index contributed by atoms with van der Waals surface area (Å²) in [6, 6.07) is 0.424. The Morgan fingerprint density at radius 3 is 2.60 bits per heavy atom. The zero-order valence-corrected chi connectivity index (χ0v) is 11.0. The SMILES string of the molecule is CCC1CC(C)CC(CC(C)NSO)C1. The minimum atomic E-state index is 0.424. The Labute approximate surface area is 98.6 Å². The van der Waals surface area contributed by atoms with E-state index < -0.39 is 0 Å². The average molecular weight is 231 g/mol. The molecule has 0 amide bonds. The van der Waals surface area contributed by atoms with Crippen LogP contribution in [0.5, 0.6) is 0 Å². The number of hydrogen-bond acceptors (Lipinski definition) is 3. The molecule has 0 aromatic rings. The standard InChI is InChI=1S/C12H25NOS/c1-4-11-5-9(2)6-12(8-11)7-10(3)13-15-14/h9-14H,4-8H2,1-3H3. The van der Waals surface area contributed by atoms with E-state index in [1.165, 1.54) is 32.1 Å². The molecule has 1 aliphatic carbocycles. The van der Waals surface area contributed by atoms with Crippen molar-refractivity contribution >= 4 is 12.2 Å². The maximum absolute atomic E-state index is 8.72. The lowest BCUT2D eigenvalue weighted by atomic mass is 9.73. The van der Waals surface area contributed by atoms with Crippen LogP contribution in [0.1, 0.15) is 52.9 Å². The number of nitrogens with one attached hydrogen (secondary N) is 1. The Morgan fingerprint density at radius 2 is 2.00 bits per heavy atom. The predicted molar refractivity (Wildman–Crippen MR) is 67.7 cm³/mol. The van der Waals surface area contributed by atoms with Crippen LogP contribution < -0.4 is 4.72 Å². The molecule has 2 nitrogen and oxygen atoms in total. The normalized spacial score (nSPS) is 34.0. The first-order valence-corrected chi connectivity index (χ1v) is 6.98. The van der Waals surface area contributed by atoms with Crippen LogP contribution in [0.2, 0.25) is 0 Å². The summed E-state index contributed by atoms with van der Waals surface area (Å²) < 4.78 is 11.7. The smallest absolute Gasteiger partial charge is 0.0762 e. The maximum atomic E-state index is 8.72. The summed E-state index contributed by atoms with van der Waals surface area (Å²) in [6.07, 6.45) is 6.72. The highest BCUT2D eigenvalue weighted by atomic mass is 32.2. The Morgan fingerprint density at radius 1 is 1.33 bits per heavy atom. The quantitative estimate of drug-likeness (QED) is 0.555. The van der Waals surface area contributed by atoms with Crippen molar-refractivity contribution in [2.24, 2.45) is 17.8 Å². The minimum Gasteiger partial charge on any atom is -0.317 e. The average Bonchev–Trinajstić information content (AvgIpc) is 2.17. The third-order valence-electron chi connectivity index (χ3n) is 3.66. The van der Waals surface area contributed by atoms with Crippen molar-refractivity contribution < 1.29 is 4.55 Å². The molecule has 0 radical (unpaired) electrons. The summed E-state index contributed by atoms with van der Waals surface area (Å²) in [7, 11) is 0. The molecular formula is C12H25NOS. The first kappa shape index (κ1) is 13.3. The van der Waals surface area contributed by atoms with E-state index in [-0.39, 0.29) is 0 Å². The van der Waals surface area contributed by atoms with Gasteiger partial charge in [0.1, 0.15) is 0 Å². The monoisotopic (exact) mass is 231 g/mol. The summed E-state index contributed by atoms with van der Waals surface area (Å²) in [4.78, 5) is 0. The second-order valence-corrected chi connectivity index (χ2v) is 5.72. The summed E-state index contributed by atoms with van der Waals surface area (Å²) in [5, 5.41) is 0. The third-order valence-corrected chi connectivity index (χ3v) is 4.16. The molecule has 0 aromatic heterocycles. The van der Waals surface area contributed by atoms with Gasteiger partial charge >= 0.3 is 0 Å². The molecule has 4 atom stereocenters. The molecular weight excluding hydrogens is 206 g/mol. The van der Waals surface area contributed by atoms with Crippen molar-refractivity contribution in [3.8, 4) is 0 Å². The molecule has 0 aromatic carbocycles. The molecule has 1 saturated carbocycles. The molecule has 1 rings (SSSR count). The van der Waals surface area contributed by atoms with Crippen LogP contribution in [0.25, 0.3) is 0 Å². The van der Waals surface area contributed by atoms with Gasteiger partial charge in [-0.25, -0.2) is 4.72 Å². The molecule has 1 aliphatic rings. The molecule has 0 spiro atoms. The fourth-order valence-corrected chi connectivity index (χ4v) is 3.34. The molecule has 3 heteroatoms. The van der Waals surface area contributed by atoms with Crippen LogP contribution in [0.4, 0.5) is 0 Å². The van der Waals surface area contributed by atoms with Gasteiger partial charge in [-0.1, -0.05) is 20.3 Å². The van der Waals surface area contributed by atoms with Crippen LogP contribution in [-0.2, 0) is 0 Å². The van der Waals surface area contributed by atoms with E-state index in [1.54, 1.807) is 0 Å². The van der Waals surface area contributed by atoms with Crippen molar-refractivity contribution in [1.29, 1.82) is 0 Å². The van der Waals surface area contributed by atoms with E-state index in [2.05, 4.69) is 25.5 Å². The molecule has 2 N–H and O–H groups in total. The lowest BCUT2D eigenvalue weighted by Gasteiger charge is -2.34. The van der Waals surface area contributed by atoms with E-state index >= 15 is 0 Å². The molecule has 90 valence electrons. The van der Waals surface area contributed by atoms with Gasteiger partial charge in [0.05, 0.1) is 12.2 Å². The molecule has 0 heterocycles. The lowest BCUT2D eigenvalue weighted by Crippen LogP contribution is -2.28. The molecule has 4 unspecified atom stereocenters. The van der Waals surface area contributed by atoms with Crippen LogP contribution in [0, 0.1) is 17.8 Å². The third kappa shape index (κ3) is 4.75. The summed E-state index contributed by atoms with van der Waals surface area (Å²) in [5.74, 6) is 2.68. The fraction of sp³-hybridized carbons (Fsp3) is 1.00. The summed E-state index contributed by atoms with van der Waals surface area (Å²) in [6.45, 7) is 6.85. The Kier molecular flexibility index (Phi) is 6.02. The van der Waals surface area contributed by atoms with E-state index in [1.807, 2.05) is 0 Å². The van der Waals surface area contributed by atoms with Crippen molar-refractivity contribution in [1.82, 2.24) is 4.72 Å². The van der Waals surface area contributed by atoms with E-state index in [0.29, 0.717) is 6.04 Å². The zero-order chi connectivity index (χ0) is 11.3. The van der Waals surface area contributed by atoms with E-state index in [9.17, 15) is 0 Å². The topological polar surface area (TPSA) is 32.3 Å². The molecule has 0 saturated heterocycles. The summed E-state index contributed by atoms with van der Waals surface area (Å²) >= 11 is 0.756. The van der Waals surface area contributed by atoms with Crippen LogP contribution in [-0.4, -0.2) is 10.6 Å². The van der Waals surface area contributed by atoms with Gasteiger partial charge in [-0.2, -0.15) is 0 Å². The Hall–Kier alpha value is 0.270. The van der Waals surface area contributed by atoms with Crippen molar-refractivity contribution in [2.45, 2.75) is 58.9 Å². The highest BCUT2D eigenvalue weighted by Gasteiger charge is 2.26. The second kappa shape index (κ2) is 6.77. The van der Waals surface area contributed by atoms with E-state index in [0.717, 1.165) is 30.0 Å². The lowest BCUT2D eigenvalue weighted by molar-refractivity contribution is 0.186. The molecule has 0 bridgehead atoms. The van der Waals surface area contributed by atoms with Gasteiger partial charge in [0, 0.05) is 6.04 Å². The van der Waals surface area contributed by atoms with Gasteiger partial charge in [0.15, 0.2) is 0 Å². The van der Waals surface area contributed by atoms with E-state index in [4.69, 9.17) is 4.55 Å². The van der Waals surface area contributed by atoms with Crippen molar-refractivity contribution in [3.63, 3.8) is 0 Å². The predicted octanol–water partition coefficient (Wildman–Crippen LogP) is 3.94. The first-order chi connectivity index (χ1) is 7.15. The van der Waals surface area contributed by atoms with Gasteiger partial charge in [-0.15, -0.1) is 0 Å². The summed E-state index contributed by atoms with van der Waals surface area (Å²) in [5.41, 5.74) is 0. The zero-order valence-electron chi connectivity index (χ0n) is 10.2. The van der Waals surface area contributed by atoms with Crippen LogP contribution in [0.15, 0.2) is 0 Å². The van der Waals surface area contributed by atoms with Gasteiger partial charge in [-0.3, -0.25) is 0 Å². The fourth-order valence-electron chi connectivity index (χ4n) is 3.06. The van der Waals surface area contributed by atoms with Crippen molar-refractivity contribution in [2.75, 3.05) is 0 Å². The molecule has 0 aliphatic heterocycles. The Balaban J connectivity index is 2.33. The second-order valence-electron chi connectivity index (χ2n) is 5.30. The van der Waals surface area contributed by atoms with Crippen molar-refractivity contribution in [3.05, 3.63) is 0 Å². The van der Waals surface area contributed by atoms with Gasteiger partial charge in [0.25, 0.3) is 0 Å². The molecule has 15 heavy (non-hydrogen) atoms. The molecule has 1 fully saturated rings. The highest BCUT2D eigenvalue weighted by molar-refractivity contribution is 7.91. The van der Waals surface area contributed by atoms with Gasteiger partial charge in [-0.05, 0) is 50.4 Å². The Bertz CT molecular complexity index is 177. The maximum Gasteiger partial charge on any atom is 0.0762 e. The number of hydrogen-bond donors (Lipinski definition) is 2. The number of rotatable bonds is 5.